The van der Waals surface area contributed by atoms with Gasteiger partial charge in [-0.1, -0.05) is 97.8 Å². The molecule has 46 heavy (non-hydrogen) atoms. The lowest BCUT2D eigenvalue weighted by molar-refractivity contribution is -0.00212. The first-order valence-electron chi connectivity index (χ1n) is 16.5. The Morgan fingerprint density at radius 1 is 0.413 bits per heavy atom. The average molecular weight is 627 g/mol. The summed E-state index contributed by atoms with van der Waals surface area (Å²) < 4.78 is 35.3. The van der Waals surface area contributed by atoms with Gasteiger partial charge in [-0.25, -0.2) is 0 Å². The molecule has 6 heteroatoms. The van der Waals surface area contributed by atoms with Gasteiger partial charge >= 0.3 is 0 Å². The second-order valence-electron chi connectivity index (χ2n) is 11.2. The number of ether oxygens (including phenoxy) is 6. The van der Waals surface area contributed by atoms with Gasteiger partial charge in [-0.2, -0.15) is 0 Å². The molecule has 0 saturated heterocycles. The molecule has 0 aliphatic carbocycles. The van der Waals surface area contributed by atoms with Crippen LogP contribution in [0.3, 0.4) is 0 Å². The molecule has 4 rings (SSSR count). The molecule has 0 fully saturated rings. The van der Waals surface area contributed by atoms with Crippen molar-refractivity contribution in [3.05, 3.63) is 131 Å². The van der Waals surface area contributed by atoms with Gasteiger partial charge in [0.05, 0.1) is 27.4 Å². The van der Waals surface area contributed by atoms with Gasteiger partial charge in [0, 0.05) is 33.0 Å². The minimum Gasteiger partial charge on any atom is -0.497 e. The predicted molar refractivity (Wildman–Crippen MR) is 184 cm³/mol. The third-order valence-electron chi connectivity index (χ3n) is 7.94. The van der Waals surface area contributed by atoms with E-state index >= 15 is 0 Å². The zero-order valence-corrected chi connectivity index (χ0v) is 27.5. The molecular formula is C40H50O6. The minimum absolute atomic E-state index is 0.529. The Balaban J connectivity index is 1.15. The number of unbranched alkanes of at least 4 members (excludes halogenated alkanes) is 3. The van der Waals surface area contributed by atoms with Crippen molar-refractivity contribution >= 4 is 0 Å². The average Bonchev–Trinajstić information content (AvgIpc) is 3.12. The highest BCUT2D eigenvalue weighted by atomic mass is 16.5. The number of methoxy groups -OCH3 is 2. The van der Waals surface area contributed by atoms with Gasteiger partial charge in [0.2, 0.25) is 0 Å². The Morgan fingerprint density at radius 2 is 0.848 bits per heavy atom. The molecule has 4 aromatic rings. The highest BCUT2D eigenvalue weighted by Crippen LogP contribution is 2.41. The van der Waals surface area contributed by atoms with Crippen molar-refractivity contribution in [2.45, 2.75) is 50.7 Å². The molecule has 0 bridgehead atoms. The molecule has 0 amide bonds. The molecule has 0 unspecified atom stereocenters. The van der Waals surface area contributed by atoms with Crippen molar-refractivity contribution in [2.24, 2.45) is 0 Å². The molecule has 0 saturated carbocycles. The van der Waals surface area contributed by atoms with Crippen LogP contribution in [0.4, 0.5) is 0 Å². The fraction of sp³-hybridized carbons (Fsp3) is 0.400. The Kier molecular flexibility index (Phi) is 15.6. The summed E-state index contributed by atoms with van der Waals surface area (Å²) >= 11 is 0. The second-order valence-corrected chi connectivity index (χ2v) is 11.2. The van der Waals surface area contributed by atoms with Crippen LogP contribution < -0.4 is 9.47 Å². The monoisotopic (exact) mass is 626 g/mol. The van der Waals surface area contributed by atoms with Gasteiger partial charge in [0.25, 0.3) is 0 Å². The van der Waals surface area contributed by atoms with Crippen LogP contribution in [0.1, 0.15) is 60.8 Å². The van der Waals surface area contributed by atoms with Crippen LogP contribution in [-0.4, -0.2) is 53.9 Å². The Labute approximate surface area is 275 Å². The maximum Gasteiger partial charge on any atom is 0.143 e. The van der Waals surface area contributed by atoms with Crippen LogP contribution in [-0.2, 0) is 31.2 Å². The third kappa shape index (κ3) is 11.0. The highest BCUT2D eigenvalue weighted by Gasteiger charge is 2.37. The van der Waals surface area contributed by atoms with E-state index in [2.05, 4.69) is 60.7 Å². The summed E-state index contributed by atoms with van der Waals surface area (Å²) in [5.74, 6) is 1.61. The van der Waals surface area contributed by atoms with Gasteiger partial charge in [-0.05, 0) is 72.2 Å². The van der Waals surface area contributed by atoms with Gasteiger partial charge in [-0.15, -0.1) is 0 Å². The quantitative estimate of drug-likeness (QED) is 0.0607. The lowest BCUT2D eigenvalue weighted by Gasteiger charge is -2.36. The van der Waals surface area contributed by atoms with Crippen LogP contribution in [0.5, 0.6) is 11.5 Å². The first kappa shape index (κ1) is 35.2. The lowest BCUT2D eigenvalue weighted by atomic mass is 9.80. The van der Waals surface area contributed by atoms with Crippen molar-refractivity contribution in [1.29, 1.82) is 0 Å². The molecular weight excluding hydrogens is 576 g/mol. The van der Waals surface area contributed by atoms with E-state index in [0.717, 1.165) is 73.7 Å². The summed E-state index contributed by atoms with van der Waals surface area (Å²) in [7, 11) is 3.36. The normalized spacial score (nSPS) is 11.4. The first-order valence-corrected chi connectivity index (χ1v) is 16.5. The van der Waals surface area contributed by atoms with E-state index in [1.807, 2.05) is 48.5 Å². The molecule has 0 spiro atoms. The van der Waals surface area contributed by atoms with Gasteiger partial charge in [-0.3, -0.25) is 0 Å². The van der Waals surface area contributed by atoms with Crippen molar-refractivity contribution in [3.8, 4) is 11.5 Å². The number of rotatable bonds is 23. The lowest BCUT2D eigenvalue weighted by Crippen LogP contribution is -2.33. The molecule has 0 N–H and O–H groups in total. The second kappa shape index (κ2) is 20.4. The zero-order chi connectivity index (χ0) is 32.1. The highest BCUT2D eigenvalue weighted by molar-refractivity contribution is 5.49. The fourth-order valence-corrected chi connectivity index (χ4v) is 5.45. The summed E-state index contributed by atoms with van der Waals surface area (Å²) in [6.45, 7) is 4.87. The standard InChI is InChI=1S/C40H50O6/c1-41-38-23-19-36(20-24-38)40(35-17-9-6-10-18-35,37-21-25-39(42-2)26-22-37)46-32-14-31-44-30-13-29-43-27-11-3-4-12-28-45-33-34-15-7-5-8-16-34/h5-10,15-26H,3-4,11-14,27-33H2,1-2H3. The van der Waals surface area contributed by atoms with Gasteiger partial charge < -0.3 is 28.4 Å². The number of hydrogen-bond acceptors (Lipinski definition) is 6. The Hall–Kier alpha value is -3.68. The summed E-state index contributed by atoms with van der Waals surface area (Å²) in [4.78, 5) is 0. The summed E-state index contributed by atoms with van der Waals surface area (Å²) in [6, 6.07) is 36.9. The van der Waals surface area contributed by atoms with Crippen LogP contribution in [0, 0.1) is 0 Å². The third-order valence-corrected chi connectivity index (χ3v) is 7.94. The van der Waals surface area contributed by atoms with E-state index in [0.29, 0.717) is 26.4 Å². The maximum absolute atomic E-state index is 6.87. The van der Waals surface area contributed by atoms with E-state index in [1.165, 1.54) is 18.4 Å². The first-order chi connectivity index (χ1) is 22.8. The molecule has 4 aromatic carbocycles. The van der Waals surface area contributed by atoms with Crippen LogP contribution in [0.15, 0.2) is 109 Å². The molecule has 6 nitrogen and oxygen atoms in total. The van der Waals surface area contributed by atoms with Gasteiger partial charge in [0.1, 0.15) is 17.1 Å². The Bertz CT molecular complexity index is 1280. The van der Waals surface area contributed by atoms with E-state index in [4.69, 9.17) is 28.4 Å². The molecule has 0 aliphatic rings. The van der Waals surface area contributed by atoms with Crippen molar-refractivity contribution < 1.29 is 28.4 Å². The summed E-state index contributed by atoms with van der Waals surface area (Å²) in [5, 5.41) is 0. The smallest absolute Gasteiger partial charge is 0.143 e. The number of benzene rings is 4. The predicted octanol–water partition coefficient (Wildman–Crippen LogP) is 8.60. The van der Waals surface area contributed by atoms with Crippen LogP contribution in [0.25, 0.3) is 0 Å². The SMILES string of the molecule is COc1ccc(C(OCCCOCCCOCCCCCCOCc2ccccc2)(c2ccccc2)c2ccc(OC)cc2)cc1. The molecule has 0 radical (unpaired) electrons. The van der Waals surface area contributed by atoms with Crippen molar-refractivity contribution in [3.63, 3.8) is 0 Å². The zero-order valence-electron chi connectivity index (χ0n) is 27.5. The maximum atomic E-state index is 6.87. The van der Waals surface area contributed by atoms with Crippen molar-refractivity contribution in [1.82, 2.24) is 0 Å². The van der Waals surface area contributed by atoms with Gasteiger partial charge in [0.15, 0.2) is 0 Å². The van der Waals surface area contributed by atoms with Crippen molar-refractivity contribution in [2.75, 3.05) is 53.9 Å². The summed E-state index contributed by atoms with van der Waals surface area (Å²) in [6.07, 6.45) is 6.19. The van der Waals surface area contributed by atoms with E-state index in [1.54, 1.807) is 14.2 Å². The van der Waals surface area contributed by atoms with E-state index < -0.39 is 5.60 Å². The molecule has 246 valence electrons. The minimum atomic E-state index is -0.803. The van der Waals surface area contributed by atoms with E-state index in [-0.39, 0.29) is 0 Å². The largest absolute Gasteiger partial charge is 0.497 e. The molecule has 0 heterocycles. The van der Waals surface area contributed by atoms with Crippen LogP contribution >= 0.6 is 0 Å². The Morgan fingerprint density at radius 3 is 1.37 bits per heavy atom. The van der Waals surface area contributed by atoms with Crippen LogP contribution in [0.2, 0.25) is 0 Å². The molecule has 0 atom stereocenters. The molecule has 0 aliphatic heterocycles. The number of hydrogen-bond donors (Lipinski definition) is 0. The fourth-order valence-electron chi connectivity index (χ4n) is 5.45. The molecule has 0 aromatic heterocycles. The van der Waals surface area contributed by atoms with E-state index in [9.17, 15) is 0 Å². The summed E-state index contributed by atoms with van der Waals surface area (Å²) in [5.41, 5.74) is 3.54. The topological polar surface area (TPSA) is 55.4 Å².